The van der Waals surface area contributed by atoms with Crippen LogP contribution in [-0.4, -0.2) is 41.1 Å². The summed E-state index contributed by atoms with van der Waals surface area (Å²) < 4.78 is 27.9. The molecule has 4 heterocycles. The van der Waals surface area contributed by atoms with E-state index in [2.05, 4.69) is 30.8 Å². The Morgan fingerprint density at radius 2 is 1.83 bits per heavy atom. The van der Waals surface area contributed by atoms with Gasteiger partial charge in [0, 0.05) is 56.5 Å². The van der Waals surface area contributed by atoms with Crippen LogP contribution in [0.1, 0.15) is 24.5 Å². The van der Waals surface area contributed by atoms with Crippen molar-refractivity contribution in [2.45, 2.75) is 18.8 Å². The van der Waals surface area contributed by atoms with E-state index in [0.29, 0.717) is 22.9 Å². The molecule has 0 bridgehead atoms. The van der Waals surface area contributed by atoms with E-state index in [0.717, 1.165) is 43.5 Å². The molecule has 2 fully saturated rings. The third-order valence-corrected chi connectivity index (χ3v) is 6.69. The van der Waals surface area contributed by atoms with Crippen molar-refractivity contribution in [3.63, 3.8) is 0 Å². The van der Waals surface area contributed by atoms with E-state index in [-0.39, 0.29) is 17.4 Å². The first kappa shape index (κ1) is 18.2. The van der Waals surface area contributed by atoms with E-state index in [4.69, 9.17) is 5.26 Å². The second-order valence-corrected chi connectivity index (χ2v) is 8.50. The first-order valence-electron chi connectivity index (χ1n) is 9.58. The van der Waals surface area contributed by atoms with Crippen LogP contribution < -0.4 is 9.80 Å². The van der Waals surface area contributed by atoms with Crippen molar-refractivity contribution in [3.8, 4) is 6.07 Å². The maximum atomic E-state index is 13.9. The van der Waals surface area contributed by atoms with Crippen LogP contribution in [0, 0.1) is 28.9 Å². The first-order chi connectivity index (χ1) is 14.1. The second kappa shape index (κ2) is 7.19. The van der Waals surface area contributed by atoms with E-state index >= 15 is 0 Å². The molecule has 6 nitrogen and oxygen atoms in total. The minimum absolute atomic E-state index is 0.120. The number of benzene rings is 1. The molecule has 9 heteroatoms. The summed E-state index contributed by atoms with van der Waals surface area (Å²) in [6.07, 6.45) is 5.10. The highest BCUT2D eigenvalue weighted by molar-refractivity contribution is 7.22. The lowest BCUT2D eigenvalue weighted by Crippen LogP contribution is -2.46. The molecule has 0 atom stereocenters. The number of thiazole rings is 1. The smallest absolute Gasteiger partial charge is 0.186 e. The minimum Gasteiger partial charge on any atom is -0.355 e. The lowest BCUT2D eigenvalue weighted by molar-refractivity contribution is 0.474. The lowest BCUT2D eigenvalue weighted by Gasteiger charge is -2.40. The van der Waals surface area contributed by atoms with Crippen molar-refractivity contribution < 1.29 is 8.78 Å². The Kier molecular flexibility index (Phi) is 4.51. The molecular formula is C20H18F2N6S. The Bertz CT molecular complexity index is 1100. The van der Waals surface area contributed by atoms with E-state index in [1.807, 2.05) is 0 Å². The summed E-state index contributed by atoms with van der Waals surface area (Å²) in [5.41, 5.74) is 1.17. The zero-order valence-corrected chi connectivity index (χ0v) is 16.4. The van der Waals surface area contributed by atoms with Crippen LogP contribution in [0.4, 0.5) is 19.7 Å². The van der Waals surface area contributed by atoms with Crippen molar-refractivity contribution >= 4 is 32.5 Å². The Morgan fingerprint density at radius 3 is 2.59 bits per heavy atom. The van der Waals surface area contributed by atoms with Crippen molar-refractivity contribution in [1.82, 2.24) is 15.0 Å². The van der Waals surface area contributed by atoms with Crippen LogP contribution in [-0.2, 0) is 0 Å². The van der Waals surface area contributed by atoms with Gasteiger partial charge in [-0.15, -0.1) is 0 Å². The standard InChI is InChI=1S/C20H18F2N6S/c21-14-7-15(22)18-16(8-14)29-20(26-18)28-10-13(11-28)17-19(25-4-3-24-17)27-5-1-12(9-23)2-6-27/h3-4,7-8,12-13H,1-2,5-6,10-11H2. The molecule has 0 unspecified atom stereocenters. The van der Waals surface area contributed by atoms with Crippen molar-refractivity contribution in [2.75, 3.05) is 36.0 Å². The van der Waals surface area contributed by atoms with Crippen molar-refractivity contribution in [3.05, 3.63) is 41.9 Å². The Morgan fingerprint density at radius 1 is 1.07 bits per heavy atom. The Labute approximate surface area is 170 Å². The van der Waals surface area contributed by atoms with Crippen LogP contribution in [0.5, 0.6) is 0 Å². The summed E-state index contributed by atoms with van der Waals surface area (Å²) in [6, 6.07) is 4.54. The van der Waals surface area contributed by atoms with Gasteiger partial charge in [-0.05, 0) is 18.9 Å². The number of nitrogens with zero attached hydrogens (tertiary/aromatic N) is 6. The quantitative estimate of drug-likeness (QED) is 0.653. The molecule has 0 N–H and O–H groups in total. The number of aromatic nitrogens is 3. The largest absolute Gasteiger partial charge is 0.355 e. The third kappa shape index (κ3) is 3.27. The third-order valence-electron chi connectivity index (χ3n) is 5.62. The molecule has 2 aliphatic rings. The lowest BCUT2D eigenvalue weighted by atomic mass is 9.94. The number of fused-ring (bicyclic) bond motifs is 1. The fourth-order valence-corrected chi connectivity index (χ4v) is 5.01. The monoisotopic (exact) mass is 412 g/mol. The second-order valence-electron chi connectivity index (χ2n) is 7.49. The topological polar surface area (TPSA) is 68.9 Å². The predicted octanol–water partition coefficient (Wildman–Crippen LogP) is 3.71. The van der Waals surface area contributed by atoms with Crippen molar-refractivity contribution in [1.29, 1.82) is 5.26 Å². The molecular weight excluding hydrogens is 394 g/mol. The summed E-state index contributed by atoms with van der Waals surface area (Å²) in [5.74, 6) is 0.00869. The van der Waals surface area contributed by atoms with Gasteiger partial charge in [0.15, 0.2) is 16.8 Å². The van der Waals surface area contributed by atoms with Gasteiger partial charge in [0.25, 0.3) is 0 Å². The summed E-state index contributed by atoms with van der Waals surface area (Å²) in [6.45, 7) is 3.04. The molecule has 0 spiro atoms. The molecule has 0 aliphatic carbocycles. The van der Waals surface area contributed by atoms with Crippen LogP contribution in [0.15, 0.2) is 24.5 Å². The highest BCUT2D eigenvalue weighted by Crippen LogP contribution is 2.39. The molecule has 2 aromatic heterocycles. The molecule has 0 radical (unpaired) electrons. The van der Waals surface area contributed by atoms with E-state index < -0.39 is 11.6 Å². The predicted molar refractivity (Wildman–Crippen MR) is 107 cm³/mol. The van der Waals surface area contributed by atoms with Gasteiger partial charge in [-0.3, -0.25) is 4.98 Å². The maximum absolute atomic E-state index is 13.9. The van der Waals surface area contributed by atoms with E-state index in [1.165, 1.54) is 17.4 Å². The van der Waals surface area contributed by atoms with Crippen LogP contribution in [0.25, 0.3) is 10.2 Å². The van der Waals surface area contributed by atoms with Gasteiger partial charge in [0.1, 0.15) is 11.3 Å². The Hall–Kier alpha value is -2.86. The van der Waals surface area contributed by atoms with E-state index in [1.54, 1.807) is 12.4 Å². The van der Waals surface area contributed by atoms with Crippen LogP contribution >= 0.6 is 11.3 Å². The Balaban J connectivity index is 1.33. The SMILES string of the molecule is N#CC1CCN(c2nccnc2C2CN(c3nc4c(F)cc(F)cc4s3)C2)CC1. The number of hydrogen-bond acceptors (Lipinski definition) is 7. The van der Waals surface area contributed by atoms with Gasteiger partial charge in [0.2, 0.25) is 0 Å². The van der Waals surface area contributed by atoms with Gasteiger partial charge in [-0.25, -0.2) is 18.7 Å². The molecule has 148 valence electrons. The zero-order valence-electron chi connectivity index (χ0n) is 15.6. The average molecular weight is 412 g/mol. The highest BCUT2D eigenvalue weighted by Gasteiger charge is 2.35. The van der Waals surface area contributed by atoms with Gasteiger partial charge >= 0.3 is 0 Å². The number of nitriles is 1. The number of halogens is 2. The highest BCUT2D eigenvalue weighted by atomic mass is 32.1. The van der Waals surface area contributed by atoms with Gasteiger partial charge in [0.05, 0.1) is 16.5 Å². The number of anilines is 2. The maximum Gasteiger partial charge on any atom is 0.186 e. The minimum atomic E-state index is -0.628. The fourth-order valence-electron chi connectivity index (χ4n) is 3.98. The van der Waals surface area contributed by atoms with Gasteiger partial charge in [-0.2, -0.15) is 5.26 Å². The normalized spacial score (nSPS) is 18.1. The fraction of sp³-hybridized carbons (Fsp3) is 0.400. The summed E-state index contributed by atoms with van der Waals surface area (Å²) in [4.78, 5) is 17.8. The van der Waals surface area contributed by atoms with Crippen LogP contribution in [0.2, 0.25) is 0 Å². The molecule has 0 amide bonds. The average Bonchev–Trinajstić information content (AvgIpc) is 3.11. The van der Waals surface area contributed by atoms with Crippen LogP contribution in [0.3, 0.4) is 0 Å². The van der Waals surface area contributed by atoms with Crippen molar-refractivity contribution in [2.24, 2.45) is 5.92 Å². The van der Waals surface area contributed by atoms with Gasteiger partial charge in [-0.1, -0.05) is 11.3 Å². The molecule has 3 aromatic rings. The molecule has 0 saturated carbocycles. The molecule has 2 aliphatic heterocycles. The van der Waals surface area contributed by atoms with Gasteiger partial charge < -0.3 is 9.80 Å². The summed E-state index contributed by atoms with van der Waals surface area (Å²) >= 11 is 1.30. The molecule has 1 aromatic carbocycles. The molecule has 5 rings (SSSR count). The summed E-state index contributed by atoms with van der Waals surface area (Å²) in [7, 11) is 0. The number of piperidine rings is 1. The zero-order chi connectivity index (χ0) is 20.0. The first-order valence-corrected chi connectivity index (χ1v) is 10.4. The molecule has 2 saturated heterocycles. The molecule has 29 heavy (non-hydrogen) atoms. The number of hydrogen-bond donors (Lipinski definition) is 0. The van der Waals surface area contributed by atoms with E-state index in [9.17, 15) is 8.78 Å². The number of rotatable bonds is 3. The summed E-state index contributed by atoms with van der Waals surface area (Å²) in [5, 5.41) is 9.80.